The Bertz CT molecular complexity index is 1990. The maximum absolute atomic E-state index is 15.7. The Kier molecular flexibility index (Phi) is 7.55. The summed E-state index contributed by atoms with van der Waals surface area (Å²) in [6.45, 7) is 6.99. The first kappa shape index (κ1) is 31.0. The second-order valence-electron chi connectivity index (χ2n) is 13.1. The lowest BCUT2D eigenvalue weighted by Gasteiger charge is -2.24. The Hall–Kier alpha value is -4.30. The molecule has 48 heavy (non-hydrogen) atoms. The van der Waals surface area contributed by atoms with Crippen LogP contribution in [0.5, 0.6) is 0 Å². The molecule has 3 aromatic heterocycles. The van der Waals surface area contributed by atoms with Crippen molar-refractivity contribution in [3.63, 3.8) is 0 Å². The first-order valence-corrected chi connectivity index (χ1v) is 16.9. The number of nitrogens with zero attached hydrogens (tertiary/aromatic N) is 7. The number of hydrogen-bond acceptors (Lipinski definition) is 7. The SMILES string of the molecule is CCN1CC2CN(c3ccc(-c4cc(C(F)F)c5cn(C(C(=O)Nc6nccs6)c6ncn7c6C[C@@H](F)C7)nc5c4C)cc3)CC2(F)C1. The topological polar surface area (TPSA) is 84.1 Å². The summed E-state index contributed by atoms with van der Waals surface area (Å²) in [4.78, 5) is 26.6. The maximum atomic E-state index is 15.7. The second-order valence-corrected chi connectivity index (χ2v) is 14.0. The van der Waals surface area contributed by atoms with Gasteiger partial charge in [-0.1, -0.05) is 19.1 Å². The fraction of sp³-hybridized carbons (Fsp3) is 0.412. The highest BCUT2D eigenvalue weighted by Crippen LogP contribution is 2.42. The summed E-state index contributed by atoms with van der Waals surface area (Å²) in [5, 5.41) is 9.81. The summed E-state index contributed by atoms with van der Waals surface area (Å²) in [5.41, 5.74) is 2.61. The van der Waals surface area contributed by atoms with Gasteiger partial charge >= 0.3 is 0 Å². The molecule has 0 saturated carbocycles. The summed E-state index contributed by atoms with van der Waals surface area (Å²) in [6, 6.07) is 7.90. The minimum absolute atomic E-state index is 0.0420. The Morgan fingerprint density at radius 3 is 2.67 bits per heavy atom. The molecular weight excluding hydrogens is 644 g/mol. The molecule has 4 atom stereocenters. The summed E-state index contributed by atoms with van der Waals surface area (Å²) in [6.07, 6.45) is 0.656. The zero-order valence-electron chi connectivity index (χ0n) is 26.4. The molecule has 6 heterocycles. The molecule has 2 aromatic carbocycles. The number of fused-ring (bicyclic) bond motifs is 3. The fourth-order valence-electron chi connectivity index (χ4n) is 7.69. The molecule has 14 heteroatoms. The van der Waals surface area contributed by atoms with E-state index in [2.05, 4.69) is 32.0 Å². The summed E-state index contributed by atoms with van der Waals surface area (Å²) >= 11 is 1.23. The zero-order valence-corrected chi connectivity index (χ0v) is 27.2. The molecule has 2 fully saturated rings. The smallest absolute Gasteiger partial charge is 0.264 e. The van der Waals surface area contributed by atoms with E-state index in [-0.39, 0.29) is 29.8 Å². The number of benzene rings is 2. The first-order valence-electron chi connectivity index (χ1n) is 16.1. The molecule has 0 bridgehead atoms. The highest BCUT2D eigenvalue weighted by atomic mass is 32.1. The molecule has 1 N–H and O–H groups in total. The Morgan fingerprint density at radius 2 is 1.96 bits per heavy atom. The molecule has 3 unspecified atom stereocenters. The van der Waals surface area contributed by atoms with Crippen molar-refractivity contribution in [1.29, 1.82) is 0 Å². The van der Waals surface area contributed by atoms with Crippen LogP contribution in [0.25, 0.3) is 22.0 Å². The zero-order chi connectivity index (χ0) is 33.3. The van der Waals surface area contributed by atoms with Crippen LogP contribution < -0.4 is 10.2 Å². The van der Waals surface area contributed by atoms with E-state index in [0.29, 0.717) is 52.8 Å². The van der Waals surface area contributed by atoms with Gasteiger partial charge in [0.15, 0.2) is 11.2 Å². The fourth-order valence-corrected chi connectivity index (χ4v) is 8.22. The van der Waals surface area contributed by atoms with Gasteiger partial charge in [-0.05, 0) is 48.4 Å². The number of hydrogen-bond donors (Lipinski definition) is 1. The molecule has 3 aliphatic rings. The number of aryl methyl sites for hydroxylation is 1. The monoisotopic (exact) mass is 678 g/mol. The summed E-state index contributed by atoms with van der Waals surface area (Å²) in [5.74, 6) is -0.559. The van der Waals surface area contributed by atoms with Crippen molar-refractivity contribution < 1.29 is 22.4 Å². The highest BCUT2D eigenvalue weighted by molar-refractivity contribution is 7.13. The Labute approximate surface area is 278 Å². The lowest BCUT2D eigenvalue weighted by Crippen LogP contribution is -2.36. The number of likely N-dealkylation sites (tertiary alicyclic amines) is 1. The number of rotatable bonds is 8. The third-order valence-corrected chi connectivity index (χ3v) is 10.8. The van der Waals surface area contributed by atoms with Crippen molar-refractivity contribution >= 4 is 39.0 Å². The number of aromatic nitrogens is 5. The van der Waals surface area contributed by atoms with Crippen LogP contribution in [-0.2, 0) is 17.8 Å². The maximum Gasteiger partial charge on any atom is 0.264 e. The lowest BCUT2D eigenvalue weighted by molar-refractivity contribution is -0.118. The summed E-state index contributed by atoms with van der Waals surface area (Å²) < 4.78 is 62.5. The Morgan fingerprint density at radius 1 is 1.15 bits per heavy atom. The molecule has 5 aromatic rings. The largest absolute Gasteiger partial charge is 0.368 e. The number of nitrogens with one attached hydrogen (secondary N) is 1. The van der Waals surface area contributed by atoms with Gasteiger partial charge in [-0.3, -0.25) is 19.7 Å². The van der Waals surface area contributed by atoms with Crippen molar-refractivity contribution in [2.75, 3.05) is 42.9 Å². The third kappa shape index (κ3) is 5.16. The van der Waals surface area contributed by atoms with E-state index in [1.54, 1.807) is 16.1 Å². The molecule has 2 saturated heterocycles. The lowest BCUT2D eigenvalue weighted by atomic mass is 9.95. The normalized spacial score (nSPS) is 22.9. The van der Waals surface area contributed by atoms with Gasteiger partial charge in [-0.15, -0.1) is 11.3 Å². The van der Waals surface area contributed by atoms with Gasteiger partial charge in [-0.25, -0.2) is 27.5 Å². The standard InChI is InChI=1S/C34H34F4N8OS/c1-3-43-12-21-13-44(17-34(21,38)16-43)23-6-4-20(5-7-23)24-11-25(31(36)37)26-15-46(42-28(26)19(24)2)30(32(47)41-33-39-8-9-48-33)29-27-10-22(35)14-45(27)18-40-29/h4-9,11,15,18,21-22,30-31H,3,10,12-14,16-17H2,1-2H3,(H,39,41,47)/t21?,22-,30?,34?/m1/s1. The first-order chi connectivity index (χ1) is 23.1. The van der Waals surface area contributed by atoms with Crippen LogP contribution in [0.15, 0.2) is 54.4 Å². The van der Waals surface area contributed by atoms with Crippen LogP contribution in [0, 0.1) is 12.8 Å². The molecule has 0 radical (unpaired) electrons. The minimum Gasteiger partial charge on any atom is -0.368 e. The minimum atomic E-state index is -2.82. The van der Waals surface area contributed by atoms with Gasteiger partial charge in [0.05, 0.1) is 30.6 Å². The number of amides is 1. The molecule has 1 amide bonds. The number of anilines is 2. The van der Waals surface area contributed by atoms with Crippen molar-refractivity contribution in [3.05, 3.63) is 76.9 Å². The number of alkyl halides is 4. The molecular formula is C34H34F4N8OS. The van der Waals surface area contributed by atoms with E-state index < -0.39 is 30.2 Å². The predicted molar refractivity (Wildman–Crippen MR) is 176 cm³/mol. The van der Waals surface area contributed by atoms with Gasteiger partial charge < -0.3 is 9.47 Å². The van der Waals surface area contributed by atoms with Crippen LogP contribution in [0.4, 0.5) is 28.4 Å². The van der Waals surface area contributed by atoms with Crippen molar-refractivity contribution in [3.8, 4) is 11.1 Å². The van der Waals surface area contributed by atoms with Gasteiger partial charge in [0, 0.05) is 72.1 Å². The van der Waals surface area contributed by atoms with E-state index in [4.69, 9.17) is 5.10 Å². The molecule has 9 nitrogen and oxygen atoms in total. The van der Waals surface area contributed by atoms with Crippen molar-refractivity contribution in [2.24, 2.45) is 5.92 Å². The van der Waals surface area contributed by atoms with Crippen LogP contribution in [0.2, 0.25) is 0 Å². The predicted octanol–water partition coefficient (Wildman–Crippen LogP) is 6.20. The van der Waals surface area contributed by atoms with Gasteiger partial charge in [0.25, 0.3) is 12.3 Å². The van der Waals surface area contributed by atoms with Gasteiger partial charge in [0.2, 0.25) is 0 Å². The number of imidazole rings is 1. The number of carbonyl (C=O) groups excluding carboxylic acids is 1. The van der Waals surface area contributed by atoms with E-state index in [0.717, 1.165) is 24.3 Å². The molecule has 8 rings (SSSR count). The summed E-state index contributed by atoms with van der Waals surface area (Å²) in [7, 11) is 0. The quantitative estimate of drug-likeness (QED) is 0.197. The molecule has 250 valence electrons. The molecule has 3 aliphatic heterocycles. The second kappa shape index (κ2) is 11.7. The van der Waals surface area contributed by atoms with E-state index in [1.165, 1.54) is 34.6 Å². The highest BCUT2D eigenvalue weighted by Gasteiger charge is 2.53. The van der Waals surface area contributed by atoms with Crippen molar-refractivity contribution in [2.45, 2.75) is 51.1 Å². The number of thiazole rings is 1. The number of halogens is 4. The van der Waals surface area contributed by atoms with Crippen molar-refractivity contribution in [1.82, 2.24) is 29.2 Å². The van der Waals surface area contributed by atoms with Crippen LogP contribution >= 0.6 is 11.3 Å². The van der Waals surface area contributed by atoms with E-state index >= 15 is 4.39 Å². The average Bonchev–Trinajstić information content (AvgIpc) is 3.90. The molecule has 0 spiro atoms. The van der Waals surface area contributed by atoms with Gasteiger partial charge in [-0.2, -0.15) is 5.10 Å². The van der Waals surface area contributed by atoms with E-state index in [9.17, 15) is 18.0 Å². The number of carbonyl (C=O) groups is 1. The van der Waals surface area contributed by atoms with Crippen LogP contribution in [-0.4, -0.2) is 79.7 Å². The molecule has 0 aliphatic carbocycles. The average molecular weight is 679 g/mol. The van der Waals surface area contributed by atoms with E-state index in [1.807, 2.05) is 31.2 Å². The van der Waals surface area contributed by atoms with Crippen LogP contribution in [0.3, 0.4) is 0 Å². The third-order valence-electron chi connectivity index (χ3n) is 10.1. The van der Waals surface area contributed by atoms with Crippen LogP contribution in [0.1, 0.15) is 41.9 Å². The van der Waals surface area contributed by atoms with Gasteiger partial charge in [0.1, 0.15) is 11.8 Å². The Balaban J connectivity index is 1.16.